The number of pyridine rings is 1. The summed E-state index contributed by atoms with van der Waals surface area (Å²) in [6.07, 6.45) is 3.49. The van der Waals surface area contributed by atoms with E-state index in [1.54, 1.807) is 39.6 Å². The fourth-order valence-corrected chi connectivity index (χ4v) is 5.06. The van der Waals surface area contributed by atoms with Gasteiger partial charge in [0.1, 0.15) is 0 Å². The molecule has 3 heterocycles. The molecule has 2 aliphatic rings. The van der Waals surface area contributed by atoms with E-state index in [0.717, 1.165) is 5.56 Å². The Morgan fingerprint density at radius 3 is 2.66 bits per heavy atom. The number of carbonyl (C=O) groups is 2. The maximum absolute atomic E-state index is 12.9. The lowest BCUT2D eigenvalue weighted by molar-refractivity contribution is -0.136. The number of amides is 1. The molecule has 182 valence electrons. The van der Waals surface area contributed by atoms with Crippen molar-refractivity contribution < 1.29 is 23.8 Å². The Hall–Kier alpha value is -3.79. The highest BCUT2D eigenvalue weighted by Gasteiger charge is 2.42. The van der Waals surface area contributed by atoms with Crippen molar-refractivity contribution in [1.82, 2.24) is 15.2 Å². The molecular formula is C25H26N4O5S. The molecule has 1 unspecified atom stereocenters. The molecule has 2 aliphatic heterocycles. The summed E-state index contributed by atoms with van der Waals surface area (Å²) in [4.78, 5) is 36.4. The van der Waals surface area contributed by atoms with Crippen LogP contribution in [0.2, 0.25) is 0 Å². The largest absolute Gasteiger partial charge is 0.493 e. The van der Waals surface area contributed by atoms with Gasteiger partial charge in [0.25, 0.3) is 0 Å². The molecule has 1 atom stereocenters. The number of carbonyl (C=O) groups excluding carboxylic acids is 2. The molecule has 0 saturated carbocycles. The van der Waals surface area contributed by atoms with Crippen LogP contribution < -0.4 is 14.8 Å². The summed E-state index contributed by atoms with van der Waals surface area (Å²) >= 11 is 1.40. The molecule has 0 spiro atoms. The summed E-state index contributed by atoms with van der Waals surface area (Å²) in [5, 5.41) is 5.48. The number of allylic oxidation sites excluding steroid dienone is 1. The van der Waals surface area contributed by atoms with Crippen LogP contribution >= 0.6 is 11.8 Å². The van der Waals surface area contributed by atoms with E-state index < -0.39 is 12.0 Å². The molecule has 2 aromatic rings. The van der Waals surface area contributed by atoms with Gasteiger partial charge in [-0.2, -0.15) is 0 Å². The van der Waals surface area contributed by atoms with Crippen LogP contribution in [0.4, 0.5) is 0 Å². The van der Waals surface area contributed by atoms with Crippen molar-refractivity contribution in [3.05, 3.63) is 76.2 Å². The Morgan fingerprint density at radius 1 is 1.14 bits per heavy atom. The van der Waals surface area contributed by atoms with Crippen LogP contribution in [0.3, 0.4) is 0 Å². The molecule has 9 nitrogen and oxygen atoms in total. The number of thioether (sulfide) groups is 1. The second-order valence-electron chi connectivity index (χ2n) is 7.78. The summed E-state index contributed by atoms with van der Waals surface area (Å²) in [5.41, 5.74) is 3.22. The van der Waals surface area contributed by atoms with Crippen molar-refractivity contribution in [2.45, 2.75) is 25.9 Å². The maximum atomic E-state index is 12.9. The Labute approximate surface area is 207 Å². The van der Waals surface area contributed by atoms with Gasteiger partial charge in [0.05, 0.1) is 45.1 Å². The van der Waals surface area contributed by atoms with Gasteiger partial charge in [0, 0.05) is 30.2 Å². The minimum atomic E-state index is -0.618. The molecule has 0 bridgehead atoms. The average Bonchev–Trinajstić information content (AvgIpc) is 3.27. The van der Waals surface area contributed by atoms with Gasteiger partial charge in [-0.3, -0.25) is 9.78 Å². The molecule has 0 fully saturated rings. The molecule has 10 heteroatoms. The zero-order valence-corrected chi connectivity index (χ0v) is 20.7. The molecule has 35 heavy (non-hydrogen) atoms. The number of rotatable bonds is 8. The number of aromatic nitrogens is 1. The van der Waals surface area contributed by atoms with Crippen LogP contribution in [0.1, 0.15) is 30.5 Å². The van der Waals surface area contributed by atoms with Gasteiger partial charge in [-0.25, -0.2) is 9.79 Å². The molecule has 1 amide bonds. The van der Waals surface area contributed by atoms with Crippen molar-refractivity contribution in [3.63, 3.8) is 0 Å². The minimum absolute atomic E-state index is 0.0998. The summed E-state index contributed by atoms with van der Waals surface area (Å²) in [7, 11) is 4.44. The van der Waals surface area contributed by atoms with E-state index >= 15 is 0 Å². The number of nitrogens with zero attached hydrogens (tertiary/aromatic N) is 3. The first kappa shape index (κ1) is 24.3. The van der Waals surface area contributed by atoms with Crippen molar-refractivity contribution >= 4 is 28.8 Å². The predicted octanol–water partition coefficient (Wildman–Crippen LogP) is 3.55. The number of aliphatic imine (C=N–C) groups is 1. The van der Waals surface area contributed by atoms with Crippen molar-refractivity contribution in [2.24, 2.45) is 4.99 Å². The summed E-state index contributed by atoms with van der Waals surface area (Å²) in [6.45, 7) is 2.14. The Bertz CT molecular complexity index is 1230. The quantitative estimate of drug-likeness (QED) is 0.556. The number of nitrogens with one attached hydrogen (secondary N) is 1. The lowest BCUT2D eigenvalue weighted by Crippen LogP contribution is -2.38. The van der Waals surface area contributed by atoms with Crippen LogP contribution in [-0.4, -0.2) is 48.3 Å². The monoisotopic (exact) mass is 494 g/mol. The molecule has 0 aliphatic carbocycles. The fraction of sp³-hybridized carbons (Fsp3) is 0.280. The highest BCUT2D eigenvalue weighted by atomic mass is 32.2. The molecule has 0 saturated heterocycles. The van der Waals surface area contributed by atoms with Crippen molar-refractivity contribution in [2.75, 3.05) is 21.3 Å². The van der Waals surface area contributed by atoms with Gasteiger partial charge in [0.2, 0.25) is 5.91 Å². The van der Waals surface area contributed by atoms with E-state index in [-0.39, 0.29) is 12.3 Å². The average molecular weight is 495 g/mol. The number of esters is 1. The zero-order chi connectivity index (χ0) is 24.9. The number of para-hydroxylation sites is 1. The van der Waals surface area contributed by atoms with Gasteiger partial charge < -0.3 is 24.4 Å². The second kappa shape index (κ2) is 10.6. The molecule has 1 aromatic carbocycles. The third kappa shape index (κ3) is 4.88. The Balaban J connectivity index is 1.68. The first-order chi connectivity index (χ1) is 17.0. The van der Waals surface area contributed by atoms with E-state index in [0.29, 0.717) is 45.7 Å². The van der Waals surface area contributed by atoms with E-state index in [1.165, 1.54) is 18.9 Å². The Morgan fingerprint density at radius 2 is 1.97 bits per heavy atom. The topological polar surface area (TPSA) is 102 Å². The van der Waals surface area contributed by atoms with Gasteiger partial charge >= 0.3 is 5.97 Å². The van der Waals surface area contributed by atoms with Crippen molar-refractivity contribution in [3.8, 4) is 11.5 Å². The van der Waals surface area contributed by atoms with Crippen LogP contribution in [0.15, 0.2) is 70.1 Å². The number of hydrogen-bond acceptors (Lipinski definition) is 9. The van der Waals surface area contributed by atoms with E-state index in [1.807, 2.05) is 34.6 Å². The first-order valence-corrected chi connectivity index (χ1v) is 11.8. The smallest absolute Gasteiger partial charge is 0.338 e. The van der Waals surface area contributed by atoms with Gasteiger partial charge in [-0.1, -0.05) is 30.0 Å². The van der Waals surface area contributed by atoms with Gasteiger partial charge in [-0.05, 0) is 30.0 Å². The number of ether oxygens (including phenoxy) is 3. The minimum Gasteiger partial charge on any atom is -0.493 e. The highest BCUT2D eigenvalue weighted by Crippen LogP contribution is 2.48. The maximum Gasteiger partial charge on any atom is 0.338 e. The van der Waals surface area contributed by atoms with Gasteiger partial charge in [-0.15, -0.1) is 0 Å². The van der Waals surface area contributed by atoms with Crippen LogP contribution in [-0.2, 0) is 20.9 Å². The van der Waals surface area contributed by atoms with E-state index in [9.17, 15) is 9.59 Å². The summed E-state index contributed by atoms with van der Waals surface area (Å²) in [5.74, 6) is 0.358. The third-order valence-corrected chi connectivity index (χ3v) is 6.58. The molecular weight excluding hydrogens is 468 g/mol. The SMILES string of the molecule is COC(=O)C1=C(C)N=C2SC=C(CC(=O)NCc3cccnc3)N2C1c1cccc(OC)c1OC. The van der Waals surface area contributed by atoms with Crippen molar-refractivity contribution in [1.29, 1.82) is 0 Å². The van der Waals surface area contributed by atoms with Crippen LogP contribution in [0.25, 0.3) is 0 Å². The van der Waals surface area contributed by atoms with Crippen LogP contribution in [0.5, 0.6) is 11.5 Å². The first-order valence-electron chi connectivity index (χ1n) is 10.9. The lowest BCUT2D eigenvalue weighted by atomic mass is 9.92. The predicted molar refractivity (Wildman–Crippen MR) is 133 cm³/mol. The second-order valence-corrected chi connectivity index (χ2v) is 8.62. The zero-order valence-electron chi connectivity index (χ0n) is 19.9. The summed E-state index contributed by atoms with van der Waals surface area (Å²) < 4.78 is 16.3. The highest BCUT2D eigenvalue weighted by molar-refractivity contribution is 8.16. The molecule has 1 aromatic heterocycles. The normalized spacial score (nSPS) is 16.8. The van der Waals surface area contributed by atoms with Gasteiger partial charge in [0.15, 0.2) is 16.7 Å². The van der Waals surface area contributed by atoms with E-state index in [2.05, 4.69) is 15.3 Å². The fourth-order valence-electron chi connectivity index (χ4n) is 4.09. The molecule has 4 rings (SSSR count). The Kier molecular flexibility index (Phi) is 7.40. The third-order valence-electron chi connectivity index (χ3n) is 5.69. The lowest BCUT2D eigenvalue weighted by Gasteiger charge is -2.36. The number of fused-ring (bicyclic) bond motifs is 1. The number of hydrogen-bond donors (Lipinski definition) is 1. The molecule has 0 radical (unpaired) electrons. The van der Waals surface area contributed by atoms with Crippen LogP contribution in [0, 0.1) is 0 Å². The standard InChI is InChI=1S/C25H26N4O5S/c1-15-21(24(31)34-4)22(18-8-5-9-19(32-2)23(18)33-3)29-17(14-35-25(29)28-15)11-20(30)27-13-16-7-6-10-26-12-16/h5-10,12,14,22H,11,13H2,1-4H3,(H,27,30). The number of methoxy groups -OCH3 is 3. The summed E-state index contributed by atoms with van der Waals surface area (Å²) in [6, 6.07) is 8.59. The number of benzene rings is 1. The molecule has 1 N–H and O–H groups in total. The van der Waals surface area contributed by atoms with E-state index in [4.69, 9.17) is 14.2 Å². The number of amidine groups is 1.